The van der Waals surface area contributed by atoms with Crippen molar-refractivity contribution in [3.05, 3.63) is 41.7 Å². The number of amides is 1. The van der Waals surface area contributed by atoms with Crippen LogP contribution in [-0.2, 0) is 0 Å². The molecule has 9 heteroatoms. The van der Waals surface area contributed by atoms with Crippen molar-refractivity contribution in [1.29, 1.82) is 0 Å². The summed E-state index contributed by atoms with van der Waals surface area (Å²) in [4.78, 5) is 22.4. The minimum atomic E-state index is -0.753. The second-order valence-electron chi connectivity index (χ2n) is 6.57. The summed E-state index contributed by atoms with van der Waals surface area (Å²) in [6, 6.07) is 6.94. The van der Waals surface area contributed by atoms with Gasteiger partial charge in [0.25, 0.3) is 5.91 Å². The largest absolute Gasteiger partial charge is 0.389 e. The summed E-state index contributed by atoms with van der Waals surface area (Å²) in [5.74, 6) is 5.82. The SMILES string of the molecule is CC(O)C#Cc1ccc2c(C(=O)N3CC(O)C3)nn(-c3ccnc(N)n3)c2c1. The molecule has 0 spiro atoms. The average Bonchev–Trinajstić information content (AvgIpc) is 3.02. The lowest BCUT2D eigenvalue weighted by Crippen LogP contribution is -2.53. The third-order valence-corrected chi connectivity index (χ3v) is 4.34. The molecule has 2 aromatic heterocycles. The van der Waals surface area contributed by atoms with Crippen molar-refractivity contribution in [2.75, 3.05) is 18.8 Å². The van der Waals surface area contributed by atoms with Crippen molar-refractivity contribution in [3.63, 3.8) is 0 Å². The summed E-state index contributed by atoms with van der Waals surface area (Å²) in [7, 11) is 0. The standard InChI is InChI=1S/C19H18N6O3/c1-11(26)2-3-12-4-5-14-15(8-12)25(16-6-7-21-19(20)22-16)23-17(14)18(28)24-9-13(27)10-24/h4-8,11,13,26-27H,9-10H2,1H3,(H2,20,21,22). The maximum atomic E-state index is 12.8. The normalized spacial score (nSPS) is 15.0. The average molecular weight is 378 g/mol. The number of β-amino-alcohol motifs (C(OH)–C–C–N with tert-alkyl or cyclic N) is 1. The van der Waals surface area contributed by atoms with E-state index in [0.29, 0.717) is 22.3 Å². The molecule has 0 saturated carbocycles. The van der Waals surface area contributed by atoms with E-state index >= 15 is 0 Å². The fourth-order valence-corrected chi connectivity index (χ4v) is 2.97. The summed E-state index contributed by atoms with van der Waals surface area (Å²) in [6.45, 7) is 2.15. The molecule has 3 aromatic rings. The van der Waals surface area contributed by atoms with Crippen LogP contribution in [0.1, 0.15) is 23.0 Å². The van der Waals surface area contributed by atoms with Gasteiger partial charge in [-0.25, -0.2) is 9.67 Å². The molecular weight excluding hydrogens is 360 g/mol. The summed E-state index contributed by atoms with van der Waals surface area (Å²) in [6.07, 6.45) is 0.258. The van der Waals surface area contributed by atoms with Crippen LogP contribution in [0.25, 0.3) is 16.7 Å². The van der Waals surface area contributed by atoms with Gasteiger partial charge in [-0.05, 0) is 25.1 Å². The number of nitrogen functional groups attached to an aromatic ring is 1. The van der Waals surface area contributed by atoms with Crippen LogP contribution in [0, 0.1) is 11.8 Å². The van der Waals surface area contributed by atoms with Gasteiger partial charge >= 0.3 is 0 Å². The van der Waals surface area contributed by atoms with Crippen LogP contribution >= 0.6 is 0 Å². The van der Waals surface area contributed by atoms with E-state index in [1.807, 2.05) is 0 Å². The van der Waals surface area contributed by atoms with Crippen LogP contribution < -0.4 is 5.73 Å². The van der Waals surface area contributed by atoms with Gasteiger partial charge in [0.1, 0.15) is 6.10 Å². The maximum Gasteiger partial charge on any atom is 0.275 e. The fourth-order valence-electron chi connectivity index (χ4n) is 2.97. The fraction of sp³-hybridized carbons (Fsp3) is 0.263. The van der Waals surface area contributed by atoms with Gasteiger partial charge in [0.2, 0.25) is 5.95 Å². The molecule has 1 saturated heterocycles. The summed E-state index contributed by atoms with van der Waals surface area (Å²) >= 11 is 0. The Hall–Kier alpha value is -3.48. The summed E-state index contributed by atoms with van der Waals surface area (Å²) in [5, 5.41) is 24.0. The molecule has 1 aliphatic rings. The van der Waals surface area contributed by atoms with Gasteiger partial charge in [-0.15, -0.1) is 0 Å². The molecule has 0 bridgehead atoms. The second kappa shape index (κ2) is 6.92. The topological polar surface area (TPSA) is 130 Å². The molecule has 1 unspecified atom stereocenters. The van der Waals surface area contributed by atoms with Crippen LogP contribution in [0.3, 0.4) is 0 Å². The molecule has 4 N–H and O–H groups in total. The second-order valence-corrected chi connectivity index (χ2v) is 6.57. The van der Waals surface area contributed by atoms with Gasteiger partial charge in [0.15, 0.2) is 11.5 Å². The number of aliphatic hydroxyl groups excluding tert-OH is 2. The number of nitrogens with zero attached hydrogens (tertiary/aromatic N) is 5. The van der Waals surface area contributed by atoms with Crippen molar-refractivity contribution in [1.82, 2.24) is 24.6 Å². The van der Waals surface area contributed by atoms with E-state index in [0.717, 1.165) is 0 Å². The van der Waals surface area contributed by atoms with E-state index in [9.17, 15) is 15.0 Å². The smallest absolute Gasteiger partial charge is 0.275 e. The first kappa shape index (κ1) is 17.9. The number of carbonyl (C=O) groups excluding carboxylic acids is 1. The minimum Gasteiger partial charge on any atom is -0.389 e. The Balaban J connectivity index is 1.87. The minimum absolute atomic E-state index is 0.0879. The zero-order chi connectivity index (χ0) is 19.8. The predicted octanol–water partition coefficient (Wildman–Crippen LogP) is -0.0533. The highest BCUT2D eigenvalue weighted by molar-refractivity contribution is 6.05. The third kappa shape index (κ3) is 3.26. The number of hydrogen-bond donors (Lipinski definition) is 3. The highest BCUT2D eigenvalue weighted by Gasteiger charge is 2.32. The molecule has 3 heterocycles. The molecule has 0 aliphatic carbocycles. The van der Waals surface area contributed by atoms with Crippen LogP contribution in [-0.4, -0.2) is 66.1 Å². The van der Waals surface area contributed by atoms with Gasteiger partial charge in [-0.1, -0.05) is 11.8 Å². The number of carbonyl (C=O) groups is 1. The lowest BCUT2D eigenvalue weighted by atomic mass is 10.1. The van der Waals surface area contributed by atoms with Crippen molar-refractivity contribution in [3.8, 4) is 17.7 Å². The molecule has 4 rings (SSSR count). The van der Waals surface area contributed by atoms with Gasteiger partial charge in [0, 0.05) is 36.3 Å². The van der Waals surface area contributed by atoms with E-state index in [2.05, 4.69) is 26.9 Å². The van der Waals surface area contributed by atoms with Crippen molar-refractivity contribution >= 4 is 22.8 Å². The van der Waals surface area contributed by atoms with E-state index in [4.69, 9.17) is 5.73 Å². The number of aliphatic hydroxyl groups is 2. The van der Waals surface area contributed by atoms with Gasteiger partial charge in [-0.2, -0.15) is 10.1 Å². The lowest BCUT2D eigenvalue weighted by Gasteiger charge is -2.35. The number of rotatable bonds is 2. The first-order valence-electron chi connectivity index (χ1n) is 8.71. The van der Waals surface area contributed by atoms with Crippen LogP contribution in [0.2, 0.25) is 0 Å². The lowest BCUT2D eigenvalue weighted by molar-refractivity contribution is 0.00560. The summed E-state index contributed by atoms with van der Waals surface area (Å²) < 4.78 is 1.52. The van der Waals surface area contributed by atoms with Crippen LogP contribution in [0.4, 0.5) is 5.95 Å². The Kier molecular flexibility index (Phi) is 4.43. The Morgan fingerprint density at radius 2 is 2.14 bits per heavy atom. The molecule has 1 amide bonds. The van der Waals surface area contributed by atoms with Gasteiger partial charge < -0.3 is 20.8 Å². The Bertz CT molecular complexity index is 1120. The molecule has 1 atom stereocenters. The monoisotopic (exact) mass is 378 g/mol. The number of aromatic nitrogens is 4. The molecular formula is C19H18N6O3. The first-order valence-corrected chi connectivity index (χ1v) is 8.71. The molecule has 142 valence electrons. The number of hydrogen-bond acceptors (Lipinski definition) is 7. The van der Waals surface area contributed by atoms with Crippen LogP contribution in [0.5, 0.6) is 0 Å². The van der Waals surface area contributed by atoms with Gasteiger partial charge in [0.05, 0.1) is 11.6 Å². The number of nitrogens with two attached hydrogens (primary N) is 1. The number of fused-ring (bicyclic) bond motifs is 1. The van der Waals surface area contributed by atoms with E-state index in [1.165, 1.54) is 15.8 Å². The highest BCUT2D eigenvalue weighted by Crippen LogP contribution is 2.25. The van der Waals surface area contributed by atoms with Gasteiger partial charge in [-0.3, -0.25) is 4.79 Å². The zero-order valence-electron chi connectivity index (χ0n) is 15.1. The van der Waals surface area contributed by atoms with Crippen LogP contribution in [0.15, 0.2) is 30.5 Å². The number of benzene rings is 1. The third-order valence-electron chi connectivity index (χ3n) is 4.34. The van der Waals surface area contributed by atoms with Crippen molar-refractivity contribution in [2.45, 2.75) is 19.1 Å². The van der Waals surface area contributed by atoms with E-state index < -0.39 is 12.2 Å². The molecule has 1 aliphatic heterocycles. The molecule has 1 aromatic carbocycles. The Morgan fingerprint density at radius 3 is 2.82 bits per heavy atom. The predicted molar refractivity (Wildman–Crippen MR) is 102 cm³/mol. The number of anilines is 1. The Labute approximate surface area is 160 Å². The zero-order valence-corrected chi connectivity index (χ0v) is 15.1. The highest BCUT2D eigenvalue weighted by atomic mass is 16.3. The molecule has 1 fully saturated rings. The van der Waals surface area contributed by atoms with Crippen molar-refractivity contribution < 1.29 is 15.0 Å². The molecule has 9 nitrogen and oxygen atoms in total. The van der Waals surface area contributed by atoms with E-state index in [1.54, 1.807) is 31.2 Å². The van der Waals surface area contributed by atoms with E-state index in [-0.39, 0.29) is 30.6 Å². The quantitative estimate of drug-likeness (QED) is 0.533. The molecule has 28 heavy (non-hydrogen) atoms. The summed E-state index contributed by atoms with van der Waals surface area (Å²) in [5.41, 5.74) is 7.24. The Morgan fingerprint density at radius 1 is 1.36 bits per heavy atom. The van der Waals surface area contributed by atoms with Crippen molar-refractivity contribution in [2.24, 2.45) is 0 Å². The number of likely N-dealkylation sites (tertiary alicyclic amines) is 1. The maximum absolute atomic E-state index is 12.8. The first-order chi connectivity index (χ1) is 13.4. The molecule has 0 radical (unpaired) electrons.